The number of phenolic OH excluding ortho intramolecular Hbond substituents is 1. The van der Waals surface area contributed by atoms with Crippen molar-refractivity contribution in [2.45, 2.75) is 72.6 Å². The van der Waals surface area contributed by atoms with E-state index in [9.17, 15) is 5.11 Å². The van der Waals surface area contributed by atoms with Gasteiger partial charge >= 0.3 is 0 Å². The van der Waals surface area contributed by atoms with E-state index in [0.717, 1.165) is 5.92 Å². The quantitative estimate of drug-likeness (QED) is 0.605. The van der Waals surface area contributed by atoms with Gasteiger partial charge in [0.25, 0.3) is 0 Å². The Hall–Kier alpha value is -0.980. The van der Waals surface area contributed by atoms with Crippen LogP contribution in [0, 0.1) is 11.3 Å². The van der Waals surface area contributed by atoms with Gasteiger partial charge in [-0.2, -0.15) is 0 Å². The summed E-state index contributed by atoms with van der Waals surface area (Å²) in [6.07, 6.45) is 6.22. The minimum absolute atomic E-state index is 0.346. The zero-order valence-corrected chi connectivity index (χ0v) is 13.9. The molecule has 0 radical (unpaired) electrons. The molecule has 0 saturated heterocycles. The van der Waals surface area contributed by atoms with Gasteiger partial charge in [0.2, 0.25) is 0 Å². The smallest absolute Gasteiger partial charge is 0.115 e. The molecule has 0 bridgehead atoms. The van der Waals surface area contributed by atoms with Crippen LogP contribution in [0.2, 0.25) is 0 Å². The second kappa shape index (κ2) is 7.71. The van der Waals surface area contributed by atoms with Crippen molar-refractivity contribution < 1.29 is 5.11 Å². The minimum Gasteiger partial charge on any atom is -0.508 e. The molecule has 0 aliphatic carbocycles. The molecule has 1 heteroatoms. The summed E-state index contributed by atoms with van der Waals surface area (Å²) in [5.74, 6) is 1.71. The van der Waals surface area contributed by atoms with Gasteiger partial charge in [0, 0.05) is 0 Å². The van der Waals surface area contributed by atoms with Crippen molar-refractivity contribution in [1.82, 2.24) is 0 Å². The molecule has 1 aromatic carbocycles. The zero-order valence-electron chi connectivity index (χ0n) is 13.9. The second-order valence-electron chi connectivity index (χ2n) is 6.63. The van der Waals surface area contributed by atoms with Gasteiger partial charge in [-0.1, -0.05) is 72.4 Å². The molecule has 1 nitrogen and oxygen atoms in total. The lowest BCUT2D eigenvalue weighted by molar-refractivity contribution is 0.199. The van der Waals surface area contributed by atoms with E-state index in [0.29, 0.717) is 17.1 Å². The van der Waals surface area contributed by atoms with Crippen LogP contribution in [0.4, 0.5) is 0 Å². The zero-order chi connectivity index (χ0) is 15.2. The molecule has 0 amide bonds. The van der Waals surface area contributed by atoms with Gasteiger partial charge in [0.15, 0.2) is 0 Å². The largest absolute Gasteiger partial charge is 0.508 e. The highest BCUT2D eigenvalue weighted by Crippen LogP contribution is 2.45. The third-order valence-electron chi connectivity index (χ3n) is 5.17. The molecule has 2 atom stereocenters. The highest BCUT2D eigenvalue weighted by molar-refractivity contribution is 5.29. The standard InChI is InChI=1S/C19H32O/c1-6-9-15(4)14-18(19(5,7-2)8-3)16-10-12-17(20)13-11-16/h10-13,15,18,20H,6-9,14H2,1-5H3. The molecular formula is C19H32O. The predicted octanol–water partition coefficient (Wildman–Crippen LogP) is 6.13. The lowest BCUT2D eigenvalue weighted by Crippen LogP contribution is -2.26. The normalized spacial score (nSPS) is 15.1. The summed E-state index contributed by atoms with van der Waals surface area (Å²) in [5.41, 5.74) is 1.73. The first kappa shape index (κ1) is 17.1. The Bertz CT molecular complexity index is 375. The van der Waals surface area contributed by atoms with Gasteiger partial charge < -0.3 is 5.11 Å². The fourth-order valence-electron chi connectivity index (χ4n) is 3.29. The van der Waals surface area contributed by atoms with E-state index in [4.69, 9.17) is 0 Å². The number of benzene rings is 1. The van der Waals surface area contributed by atoms with Crippen LogP contribution >= 0.6 is 0 Å². The molecule has 20 heavy (non-hydrogen) atoms. The molecule has 0 spiro atoms. The Kier molecular flexibility index (Phi) is 6.58. The summed E-state index contributed by atoms with van der Waals surface area (Å²) in [6, 6.07) is 7.89. The second-order valence-corrected chi connectivity index (χ2v) is 6.63. The Morgan fingerprint density at radius 3 is 2.05 bits per heavy atom. The average Bonchev–Trinajstić information content (AvgIpc) is 2.45. The number of aromatic hydroxyl groups is 1. The third-order valence-corrected chi connectivity index (χ3v) is 5.17. The summed E-state index contributed by atoms with van der Waals surface area (Å²) >= 11 is 0. The lowest BCUT2D eigenvalue weighted by Gasteiger charge is -2.38. The SMILES string of the molecule is CCCC(C)CC(c1ccc(O)cc1)C(C)(CC)CC. The number of rotatable bonds is 8. The van der Waals surface area contributed by atoms with E-state index in [-0.39, 0.29) is 0 Å². The maximum Gasteiger partial charge on any atom is 0.115 e. The van der Waals surface area contributed by atoms with Gasteiger partial charge in [-0.15, -0.1) is 0 Å². The summed E-state index contributed by atoms with van der Waals surface area (Å²) in [5, 5.41) is 9.52. The van der Waals surface area contributed by atoms with Crippen LogP contribution in [-0.4, -0.2) is 5.11 Å². The molecular weight excluding hydrogens is 244 g/mol. The van der Waals surface area contributed by atoms with Crippen LogP contribution in [0.5, 0.6) is 5.75 Å². The van der Waals surface area contributed by atoms with Crippen molar-refractivity contribution in [3.05, 3.63) is 29.8 Å². The Labute approximate surface area is 125 Å². The fraction of sp³-hybridized carbons (Fsp3) is 0.684. The van der Waals surface area contributed by atoms with E-state index in [2.05, 4.69) is 46.8 Å². The van der Waals surface area contributed by atoms with Crippen molar-refractivity contribution >= 4 is 0 Å². The highest BCUT2D eigenvalue weighted by atomic mass is 16.3. The Morgan fingerprint density at radius 1 is 1.05 bits per heavy atom. The number of hydrogen-bond acceptors (Lipinski definition) is 1. The van der Waals surface area contributed by atoms with Gasteiger partial charge in [0.1, 0.15) is 5.75 Å². The van der Waals surface area contributed by atoms with E-state index in [1.165, 1.54) is 37.7 Å². The molecule has 1 N–H and O–H groups in total. The van der Waals surface area contributed by atoms with E-state index < -0.39 is 0 Å². The van der Waals surface area contributed by atoms with E-state index in [1.807, 2.05) is 12.1 Å². The van der Waals surface area contributed by atoms with Crippen LogP contribution in [0.1, 0.15) is 78.2 Å². The molecule has 0 heterocycles. The minimum atomic E-state index is 0.346. The highest BCUT2D eigenvalue weighted by Gasteiger charge is 2.32. The van der Waals surface area contributed by atoms with Crippen LogP contribution in [0.25, 0.3) is 0 Å². The molecule has 0 aliphatic rings. The topological polar surface area (TPSA) is 20.2 Å². The van der Waals surface area contributed by atoms with Crippen molar-refractivity contribution in [2.24, 2.45) is 11.3 Å². The first-order chi connectivity index (χ1) is 9.46. The monoisotopic (exact) mass is 276 g/mol. The molecule has 0 saturated carbocycles. The van der Waals surface area contributed by atoms with Crippen molar-refractivity contribution in [1.29, 1.82) is 0 Å². The maximum atomic E-state index is 9.52. The van der Waals surface area contributed by atoms with E-state index >= 15 is 0 Å². The average molecular weight is 276 g/mol. The van der Waals surface area contributed by atoms with Crippen LogP contribution in [-0.2, 0) is 0 Å². The van der Waals surface area contributed by atoms with Crippen molar-refractivity contribution in [3.8, 4) is 5.75 Å². The van der Waals surface area contributed by atoms with Crippen LogP contribution < -0.4 is 0 Å². The Balaban J connectivity index is 3.03. The molecule has 114 valence electrons. The summed E-state index contributed by atoms with van der Waals surface area (Å²) in [7, 11) is 0. The molecule has 0 aliphatic heterocycles. The molecule has 1 aromatic rings. The summed E-state index contributed by atoms with van der Waals surface area (Å²) < 4.78 is 0. The maximum absolute atomic E-state index is 9.52. The predicted molar refractivity (Wildman–Crippen MR) is 88.2 cm³/mol. The van der Waals surface area contributed by atoms with Gasteiger partial charge in [-0.25, -0.2) is 0 Å². The molecule has 0 fully saturated rings. The molecule has 0 aromatic heterocycles. The molecule has 2 unspecified atom stereocenters. The Morgan fingerprint density at radius 2 is 1.60 bits per heavy atom. The van der Waals surface area contributed by atoms with Crippen LogP contribution in [0.3, 0.4) is 0 Å². The number of hydrogen-bond donors (Lipinski definition) is 1. The summed E-state index contributed by atoms with van der Waals surface area (Å²) in [6.45, 7) is 11.7. The van der Waals surface area contributed by atoms with E-state index in [1.54, 1.807) is 0 Å². The number of phenols is 1. The van der Waals surface area contributed by atoms with Gasteiger partial charge in [0.05, 0.1) is 0 Å². The lowest BCUT2D eigenvalue weighted by atomic mass is 9.66. The first-order valence-electron chi connectivity index (χ1n) is 8.25. The molecule has 1 rings (SSSR count). The third kappa shape index (κ3) is 4.26. The first-order valence-corrected chi connectivity index (χ1v) is 8.25. The van der Waals surface area contributed by atoms with Gasteiger partial charge in [-0.3, -0.25) is 0 Å². The van der Waals surface area contributed by atoms with Gasteiger partial charge in [-0.05, 0) is 41.4 Å². The summed E-state index contributed by atoms with van der Waals surface area (Å²) in [4.78, 5) is 0. The van der Waals surface area contributed by atoms with Crippen molar-refractivity contribution in [3.63, 3.8) is 0 Å². The fourth-order valence-corrected chi connectivity index (χ4v) is 3.29. The van der Waals surface area contributed by atoms with Crippen molar-refractivity contribution in [2.75, 3.05) is 0 Å². The van der Waals surface area contributed by atoms with Crippen LogP contribution in [0.15, 0.2) is 24.3 Å².